The van der Waals surface area contributed by atoms with Crippen molar-refractivity contribution in [2.75, 3.05) is 6.61 Å². The van der Waals surface area contributed by atoms with Gasteiger partial charge in [-0.3, -0.25) is 0 Å². The molecule has 14 heavy (non-hydrogen) atoms. The van der Waals surface area contributed by atoms with E-state index in [0.29, 0.717) is 5.56 Å². The van der Waals surface area contributed by atoms with E-state index in [-0.39, 0.29) is 18.6 Å². The van der Waals surface area contributed by atoms with Crippen molar-refractivity contribution in [1.29, 1.82) is 0 Å². The van der Waals surface area contributed by atoms with Crippen molar-refractivity contribution in [3.8, 4) is 0 Å². The van der Waals surface area contributed by atoms with Crippen LogP contribution in [0.5, 0.6) is 0 Å². The number of hydrogen-bond acceptors (Lipinski definition) is 2. The smallest absolute Gasteiger partial charge is 0.133 e. The van der Waals surface area contributed by atoms with Gasteiger partial charge in [-0.25, -0.2) is 8.78 Å². The van der Waals surface area contributed by atoms with Gasteiger partial charge in [0.1, 0.15) is 11.6 Å². The third-order valence-corrected chi connectivity index (χ3v) is 2.13. The third-order valence-electron chi connectivity index (χ3n) is 2.13. The molecule has 0 saturated carbocycles. The van der Waals surface area contributed by atoms with Crippen LogP contribution in [0.3, 0.4) is 0 Å². The van der Waals surface area contributed by atoms with Crippen LogP contribution in [0.2, 0.25) is 0 Å². The normalized spacial score (nSPS) is 12.9. The van der Waals surface area contributed by atoms with E-state index in [9.17, 15) is 8.78 Å². The largest absolute Gasteiger partial charge is 0.396 e. The highest BCUT2D eigenvalue weighted by Crippen LogP contribution is 2.23. The van der Waals surface area contributed by atoms with E-state index in [4.69, 9.17) is 10.8 Å². The van der Waals surface area contributed by atoms with Crippen molar-refractivity contribution in [2.45, 2.75) is 19.4 Å². The summed E-state index contributed by atoms with van der Waals surface area (Å²) in [6, 6.07) is 1.75. The summed E-state index contributed by atoms with van der Waals surface area (Å²) >= 11 is 0. The van der Waals surface area contributed by atoms with Crippen LogP contribution in [0.4, 0.5) is 8.78 Å². The summed E-state index contributed by atoms with van der Waals surface area (Å²) in [4.78, 5) is 0. The topological polar surface area (TPSA) is 46.2 Å². The van der Waals surface area contributed by atoms with Crippen LogP contribution in [-0.4, -0.2) is 11.7 Å². The van der Waals surface area contributed by atoms with Gasteiger partial charge < -0.3 is 10.8 Å². The monoisotopic (exact) mass is 201 g/mol. The number of aliphatic hydroxyl groups is 1. The standard InChI is InChI=1S/C10H13F2NO/c1-6-2-3-7(11)9(10(6)12)8(13)4-5-14/h2-3,8,14H,4-5,13H2,1H3/t8-/m1/s1. The van der Waals surface area contributed by atoms with Gasteiger partial charge in [0.15, 0.2) is 0 Å². The highest BCUT2D eigenvalue weighted by Gasteiger charge is 2.17. The molecule has 0 fully saturated rings. The van der Waals surface area contributed by atoms with Crippen LogP contribution in [0.15, 0.2) is 12.1 Å². The minimum absolute atomic E-state index is 0.140. The fraction of sp³-hybridized carbons (Fsp3) is 0.400. The number of hydrogen-bond donors (Lipinski definition) is 2. The average Bonchev–Trinajstić information content (AvgIpc) is 2.13. The van der Waals surface area contributed by atoms with E-state index in [0.717, 1.165) is 0 Å². The van der Waals surface area contributed by atoms with E-state index in [1.807, 2.05) is 0 Å². The Hall–Kier alpha value is -1.00. The van der Waals surface area contributed by atoms with Crippen LogP contribution >= 0.6 is 0 Å². The molecule has 78 valence electrons. The van der Waals surface area contributed by atoms with E-state index in [2.05, 4.69) is 0 Å². The molecule has 3 N–H and O–H groups in total. The highest BCUT2D eigenvalue weighted by molar-refractivity contribution is 5.28. The maximum atomic E-state index is 13.4. The number of aliphatic hydroxyl groups excluding tert-OH is 1. The third kappa shape index (κ3) is 2.08. The van der Waals surface area contributed by atoms with E-state index >= 15 is 0 Å². The summed E-state index contributed by atoms with van der Waals surface area (Å²) in [5, 5.41) is 8.62. The number of halogens is 2. The predicted molar refractivity (Wildman–Crippen MR) is 49.7 cm³/mol. The zero-order valence-corrected chi connectivity index (χ0v) is 7.93. The van der Waals surface area contributed by atoms with Crippen molar-refractivity contribution in [3.05, 3.63) is 34.9 Å². The molecule has 0 aliphatic carbocycles. The Morgan fingerprint density at radius 1 is 1.43 bits per heavy atom. The Labute approximate surface area is 81.4 Å². The second-order valence-corrected chi connectivity index (χ2v) is 3.21. The SMILES string of the molecule is Cc1ccc(F)c([C@H](N)CCO)c1F. The molecule has 4 heteroatoms. The first kappa shape index (κ1) is 11.1. The van der Waals surface area contributed by atoms with Gasteiger partial charge in [0.2, 0.25) is 0 Å². The molecule has 1 atom stereocenters. The maximum absolute atomic E-state index is 13.4. The first-order valence-corrected chi connectivity index (χ1v) is 4.39. The predicted octanol–water partition coefficient (Wildman–Crippen LogP) is 1.66. The molecule has 0 saturated heterocycles. The van der Waals surface area contributed by atoms with Crippen molar-refractivity contribution in [3.63, 3.8) is 0 Å². The number of aryl methyl sites for hydroxylation is 1. The fourth-order valence-electron chi connectivity index (χ4n) is 1.30. The van der Waals surface area contributed by atoms with Gasteiger partial charge in [0.25, 0.3) is 0 Å². The molecule has 0 radical (unpaired) electrons. The second-order valence-electron chi connectivity index (χ2n) is 3.21. The maximum Gasteiger partial charge on any atom is 0.133 e. The summed E-state index contributed by atoms with van der Waals surface area (Å²) in [6.45, 7) is 1.36. The van der Waals surface area contributed by atoms with Gasteiger partial charge in [-0.05, 0) is 25.0 Å². The molecule has 0 aromatic heterocycles. The molecule has 0 aliphatic rings. The average molecular weight is 201 g/mol. The van der Waals surface area contributed by atoms with Gasteiger partial charge in [-0.2, -0.15) is 0 Å². The van der Waals surface area contributed by atoms with Gasteiger partial charge >= 0.3 is 0 Å². The number of rotatable bonds is 3. The van der Waals surface area contributed by atoms with Gasteiger partial charge in [-0.15, -0.1) is 0 Å². The molecular weight excluding hydrogens is 188 g/mol. The Bertz CT molecular complexity index is 328. The van der Waals surface area contributed by atoms with E-state index < -0.39 is 17.7 Å². The molecule has 0 amide bonds. The van der Waals surface area contributed by atoms with Crippen LogP contribution in [-0.2, 0) is 0 Å². The number of benzene rings is 1. The Kier molecular flexibility index (Phi) is 3.55. The Morgan fingerprint density at radius 2 is 2.07 bits per heavy atom. The lowest BCUT2D eigenvalue weighted by Gasteiger charge is -2.13. The minimum Gasteiger partial charge on any atom is -0.396 e. The summed E-state index contributed by atoms with van der Waals surface area (Å²) in [5.41, 5.74) is 5.75. The highest BCUT2D eigenvalue weighted by atomic mass is 19.1. The van der Waals surface area contributed by atoms with Crippen molar-refractivity contribution in [1.82, 2.24) is 0 Å². The van der Waals surface area contributed by atoms with E-state index in [1.165, 1.54) is 12.1 Å². The molecular formula is C10H13F2NO. The molecule has 0 spiro atoms. The molecule has 0 aliphatic heterocycles. The Balaban J connectivity index is 3.11. The van der Waals surface area contributed by atoms with Crippen LogP contribution in [0, 0.1) is 18.6 Å². The van der Waals surface area contributed by atoms with Gasteiger partial charge in [0.05, 0.1) is 0 Å². The molecule has 0 heterocycles. The summed E-state index contributed by atoms with van der Waals surface area (Å²) in [6.07, 6.45) is 0.150. The van der Waals surface area contributed by atoms with Crippen LogP contribution in [0.25, 0.3) is 0 Å². The molecule has 1 aromatic carbocycles. The van der Waals surface area contributed by atoms with Crippen molar-refractivity contribution >= 4 is 0 Å². The minimum atomic E-state index is -0.792. The summed E-state index contributed by atoms with van der Waals surface area (Å²) in [7, 11) is 0. The molecule has 2 nitrogen and oxygen atoms in total. The van der Waals surface area contributed by atoms with Crippen LogP contribution < -0.4 is 5.73 Å². The second kappa shape index (κ2) is 4.48. The lowest BCUT2D eigenvalue weighted by atomic mass is 10.0. The molecule has 0 unspecified atom stereocenters. The molecule has 1 aromatic rings. The lowest BCUT2D eigenvalue weighted by Crippen LogP contribution is -2.16. The van der Waals surface area contributed by atoms with Crippen molar-refractivity contribution in [2.24, 2.45) is 5.73 Å². The lowest BCUT2D eigenvalue weighted by molar-refractivity contribution is 0.274. The van der Waals surface area contributed by atoms with Gasteiger partial charge in [-0.1, -0.05) is 6.07 Å². The van der Waals surface area contributed by atoms with Crippen LogP contribution in [0.1, 0.15) is 23.6 Å². The summed E-state index contributed by atoms with van der Waals surface area (Å²) < 4.78 is 26.6. The quantitative estimate of drug-likeness (QED) is 0.781. The zero-order valence-electron chi connectivity index (χ0n) is 7.93. The van der Waals surface area contributed by atoms with Crippen molar-refractivity contribution < 1.29 is 13.9 Å². The number of nitrogens with two attached hydrogens (primary N) is 1. The first-order chi connectivity index (χ1) is 6.57. The first-order valence-electron chi connectivity index (χ1n) is 4.39. The fourth-order valence-corrected chi connectivity index (χ4v) is 1.30. The molecule has 0 bridgehead atoms. The molecule has 1 rings (SSSR count). The zero-order chi connectivity index (χ0) is 10.7. The summed E-state index contributed by atoms with van der Waals surface area (Å²) in [5.74, 6) is -1.28. The van der Waals surface area contributed by atoms with E-state index in [1.54, 1.807) is 6.92 Å². The van der Waals surface area contributed by atoms with Gasteiger partial charge in [0, 0.05) is 18.2 Å². The Morgan fingerprint density at radius 3 is 2.64 bits per heavy atom.